The molecule has 0 radical (unpaired) electrons. The van der Waals surface area contributed by atoms with Crippen LogP contribution in [0.2, 0.25) is 0 Å². The van der Waals surface area contributed by atoms with Crippen molar-refractivity contribution in [2.75, 3.05) is 6.54 Å². The van der Waals surface area contributed by atoms with Gasteiger partial charge in [-0.05, 0) is 18.6 Å². The van der Waals surface area contributed by atoms with Crippen LogP contribution >= 0.6 is 0 Å². The first-order valence-electron chi connectivity index (χ1n) is 8.41. The number of carbonyl (C=O) groups excluding carboxylic acids is 1. The van der Waals surface area contributed by atoms with Crippen LogP contribution < -0.4 is 5.32 Å². The topological polar surface area (TPSA) is 46.9 Å². The highest BCUT2D eigenvalue weighted by molar-refractivity contribution is 5.76. The molecule has 0 aliphatic rings. The summed E-state index contributed by atoms with van der Waals surface area (Å²) in [4.78, 5) is 15.8. The van der Waals surface area contributed by atoms with Crippen LogP contribution in [0.5, 0.6) is 0 Å². The van der Waals surface area contributed by atoms with Crippen molar-refractivity contribution in [2.24, 2.45) is 0 Å². The van der Waals surface area contributed by atoms with Gasteiger partial charge < -0.3 is 9.88 Å². The lowest BCUT2D eigenvalue weighted by atomic mass is 10.1. The van der Waals surface area contributed by atoms with Crippen molar-refractivity contribution >= 4 is 16.9 Å². The molecule has 2 rings (SSSR count). The van der Waals surface area contributed by atoms with Crippen LogP contribution in [0.4, 0.5) is 0 Å². The second-order valence-corrected chi connectivity index (χ2v) is 5.82. The van der Waals surface area contributed by atoms with Crippen molar-refractivity contribution in [1.82, 2.24) is 14.9 Å². The van der Waals surface area contributed by atoms with E-state index in [4.69, 9.17) is 4.98 Å². The number of aromatic nitrogens is 2. The van der Waals surface area contributed by atoms with E-state index in [2.05, 4.69) is 35.0 Å². The maximum atomic E-state index is 11.0. The largest absolute Gasteiger partial charge is 0.356 e. The first-order valence-corrected chi connectivity index (χ1v) is 8.41. The van der Waals surface area contributed by atoms with E-state index in [1.165, 1.54) is 37.6 Å². The van der Waals surface area contributed by atoms with Crippen molar-refractivity contribution < 1.29 is 4.79 Å². The Bertz CT molecular complexity index is 603. The molecule has 0 saturated carbocycles. The molecule has 0 aliphatic carbocycles. The number of unbranched alkanes of at least 4 members (excludes halogenated alkanes) is 4. The second-order valence-electron chi connectivity index (χ2n) is 5.82. The fraction of sp³-hybridized carbons (Fsp3) is 0.556. The molecule has 0 saturated heterocycles. The third-order valence-electron chi connectivity index (χ3n) is 3.94. The number of hydrogen-bond acceptors (Lipinski definition) is 2. The highest BCUT2D eigenvalue weighted by atomic mass is 16.1. The summed E-state index contributed by atoms with van der Waals surface area (Å²) in [5.74, 6) is 1.09. The van der Waals surface area contributed by atoms with Crippen LogP contribution in [-0.4, -0.2) is 22.0 Å². The SMILES string of the molecule is CCCCCCCn1c(CCNC(C)=O)nc2ccccc21. The van der Waals surface area contributed by atoms with Gasteiger partial charge in [-0.1, -0.05) is 44.7 Å². The number of amides is 1. The standard InChI is InChI=1S/C18H27N3O/c1-3-4-5-6-9-14-21-17-11-8-7-10-16(17)20-18(21)12-13-19-15(2)22/h7-8,10-11H,3-6,9,12-14H2,1-2H3,(H,19,22). The van der Waals surface area contributed by atoms with E-state index in [-0.39, 0.29) is 5.91 Å². The minimum Gasteiger partial charge on any atom is -0.356 e. The van der Waals surface area contributed by atoms with E-state index in [0.29, 0.717) is 6.54 Å². The molecule has 120 valence electrons. The number of nitrogens with one attached hydrogen (secondary N) is 1. The normalized spacial score (nSPS) is 11.0. The highest BCUT2D eigenvalue weighted by Crippen LogP contribution is 2.18. The summed E-state index contributed by atoms with van der Waals surface area (Å²) in [5.41, 5.74) is 2.25. The fourth-order valence-electron chi connectivity index (χ4n) is 2.79. The van der Waals surface area contributed by atoms with E-state index in [1.54, 1.807) is 6.92 Å². The van der Waals surface area contributed by atoms with Crippen LogP contribution in [-0.2, 0) is 17.8 Å². The molecule has 4 nitrogen and oxygen atoms in total. The van der Waals surface area contributed by atoms with Crippen LogP contribution in [0.15, 0.2) is 24.3 Å². The Morgan fingerprint density at radius 2 is 1.95 bits per heavy atom. The van der Waals surface area contributed by atoms with Crippen molar-refractivity contribution in [1.29, 1.82) is 0 Å². The molecule has 0 spiro atoms. The zero-order valence-electron chi connectivity index (χ0n) is 13.8. The van der Waals surface area contributed by atoms with Crippen LogP contribution in [0, 0.1) is 0 Å². The monoisotopic (exact) mass is 301 g/mol. The van der Waals surface area contributed by atoms with Gasteiger partial charge in [-0.25, -0.2) is 4.98 Å². The van der Waals surface area contributed by atoms with Gasteiger partial charge in [0.2, 0.25) is 5.91 Å². The number of nitrogens with zero attached hydrogens (tertiary/aromatic N) is 2. The molecule has 0 unspecified atom stereocenters. The van der Waals surface area contributed by atoms with E-state index in [1.807, 2.05) is 6.07 Å². The number of aryl methyl sites for hydroxylation is 1. The molecular weight excluding hydrogens is 274 g/mol. The molecule has 4 heteroatoms. The molecule has 2 aromatic rings. The van der Waals surface area contributed by atoms with Gasteiger partial charge in [-0.2, -0.15) is 0 Å². The van der Waals surface area contributed by atoms with Crippen molar-refractivity contribution in [3.63, 3.8) is 0 Å². The maximum absolute atomic E-state index is 11.0. The van der Waals surface area contributed by atoms with E-state index >= 15 is 0 Å². The Labute approximate surface area is 132 Å². The fourth-order valence-corrected chi connectivity index (χ4v) is 2.79. The van der Waals surface area contributed by atoms with Crippen LogP contribution in [0.3, 0.4) is 0 Å². The van der Waals surface area contributed by atoms with Crippen molar-refractivity contribution in [2.45, 2.75) is 58.9 Å². The molecular formula is C18H27N3O. The number of benzene rings is 1. The van der Waals surface area contributed by atoms with Gasteiger partial charge >= 0.3 is 0 Å². The second kappa shape index (κ2) is 8.57. The van der Waals surface area contributed by atoms with Crippen LogP contribution in [0.1, 0.15) is 51.8 Å². The van der Waals surface area contributed by atoms with Gasteiger partial charge in [0.15, 0.2) is 0 Å². The predicted molar refractivity (Wildman–Crippen MR) is 90.9 cm³/mol. The van der Waals surface area contributed by atoms with E-state index in [0.717, 1.165) is 24.3 Å². The molecule has 0 bridgehead atoms. The highest BCUT2D eigenvalue weighted by Gasteiger charge is 2.10. The summed E-state index contributed by atoms with van der Waals surface area (Å²) >= 11 is 0. The Hall–Kier alpha value is -1.84. The summed E-state index contributed by atoms with van der Waals surface area (Å²) in [6.45, 7) is 5.45. The van der Waals surface area contributed by atoms with Gasteiger partial charge in [0.1, 0.15) is 5.82 Å². The van der Waals surface area contributed by atoms with Gasteiger partial charge in [-0.3, -0.25) is 4.79 Å². The minimum atomic E-state index is 0.0160. The van der Waals surface area contributed by atoms with Gasteiger partial charge in [0.05, 0.1) is 11.0 Å². The van der Waals surface area contributed by atoms with Gasteiger partial charge in [0, 0.05) is 26.4 Å². The number of carbonyl (C=O) groups is 1. The molecule has 0 aliphatic heterocycles. The average Bonchev–Trinajstić information content (AvgIpc) is 2.85. The Balaban J connectivity index is 2.04. The smallest absolute Gasteiger partial charge is 0.216 e. The molecule has 0 atom stereocenters. The third kappa shape index (κ3) is 4.58. The lowest BCUT2D eigenvalue weighted by molar-refractivity contribution is -0.118. The molecule has 1 heterocycles. The molecule has 22 heavy (non-hydrogen) atoms. The van der Waals surface area contributed by atoms with Crippen molar-refractivity contribution in [3.8, 4) is 0 Å². The number of hydrogen-bond donors (Lipinski definition) is 1. The number of rotatable bonds is 9. The minimum absolute atomic E-state index is 0.0160. The predicted octanol–water partition coefficient (Wildman–Crippen LogP) is 3.69. The summed E-state index contributed by atoms with van der Waals surface area (Å²) in [5, 5.41) is 2.86. The lowest BCUT2D eigenvalue weighted by Crippen LogP contribution is -2.23. The average molecular weight is 301 g/mol. The molecule has 0 fully saturated rings. The van der Waals surface area contributed by atoms with E-state index < -0.39 is 0 Å². The number of para-hydroxylation sites is 2. The molecule has 1 amide bonds. The summed E-state index contributed by atoms with van der Waals surface area (Å²) in [6.07, 6.45) is 7.14. The third-order valence-corrected chi connectivity index (χ3v) is 3.94. The molecule has 1 aromatic heterocycles. The number of fused-ring (bicyclic) bond motifs is 1. The summed E-state index contributed by atoms with van der Waals surface area (Å²) in [6, 6.07) is 8.29. The van der Waals surface area contributed by atoms with Crippen LogP contribution in [0.25, 0.3) is 11.0 Å². The zero-order chi connectivity index (χ0) is 15.8. The lowest BCUT2D eigenvalue weighted by Gasteiger charge is -2.09. The maximum Gasteiger partial charge on any atom is 0.216 e. The van der Waals surface area contributed by atoms with Gasteiger partial charge in [-0.15, -0.1) is 0 Å². The molecule has 1 aromatic carbocycles. The van der Waals surface area contributed by atoms with Gasteiger partial charge in [0.25, 0.3) is 0 Å². The van der Waals surface area contributed by atoms with E-state index in [9.17, 15) is 4.79 Å². The summed E-state index contributed by atoms with van der Waals surface area (Å²) in [7, 11) is 0. The first-order chi connectivity index (χ1) is 10.7. The molecule has 1 N–H and O–H groups in total. The number of imidazole rings is 1. The Morgan fingerprint density at radius 1 is 1.18 bits per heavy atom. The zero-order valence-corrected chi connectivity index (χ0v) is 13.8. The Kier molecular flexibility index (Phi) is 6.44. The Morgan fingerprint density at radius 3 is 2.73 bits per heavy atom. The summed E-state index contributed by atoms with van der Waals surface area (Å²) < 4.78 is 2.32. The quantitative estimate of drug-likeness (QED) is 0.718. The first kappa shape index (κ1) is 16.5. The van der Waals surface area contributed by atoms with Crippen molar-refractivity contribution in [3.05, 3.63) is 30.1 Å².